The van der Waals surface area contributed by atoms with Gasteiger partial charge in [0.15, 0.2) is 11.6 Å². The Morgan fingerprint density at radius 1 is 1.21 bits per heavy atom. The quantitative estimate of drug-likeness (QED) is 0.629. The summed E-state index contributed by atoms with van der Waals surface area (Å²) in [5.41, 5.74) is 0.846. The maximum atomic E-state index is 13.6. The van der Waals surface area contributed by atoms with Gasteiger partial charge in [0.2, 0.25) is 5.91 Å². The van der Waals surface area contributed by atoms with Crippen LogP contribution in [0.3, 0.4) is 0 Å². The average Bonchev–Trinajstić information content (AvgIpc) is 3.21. The number of nitrogens with zero attached hydrogens (tertiary/aromatic N) is 4. The lowest BCUT2D eigenvalue weighted by Crippen LogP contribution is -2.45. The number of piperidine rings is 1. The number of rotatable bonds is 7. The smallest absolute Gasteiger partial charge is 0.245 e. The zero-order valence-corrected chi connectivity index (χ0v) is 20.3. The number of hydrogen-bond donors (Lipinski definition) is 1. The van der Waals surface area contributed by atoms with Gasteiger partial charge in [-0.2, -0.15) is 5.10 Å². The Morgan fingerprint density at radius 3 is 2.71 bits per heavy atom. The van der Waals surface area contributed by atoms with E-state index in [4.69, 9.17) is 0 Å². The molecule has 3 aliphatic rings. The van der Waals surface area contributed by atoms with Gasteiger partial charge in [-0.3, -0.25) is 24.0 Å². The Labute approximate surface area is 199 Å². The van der Waals surface area contributed by atoms with Gasteiger partial charge in [-0.25, -0.2) is 0 Å². The summed E-state index contributed by atoms with van der Waals surface area (Å²) < 4.78 is 1.52. The molecule has 182 valence electrons. The van der Waals surface area contributed by atoms with E-state index in [0.29, 0.717) is 35.4 Å². The van der Waals surface area contributed by atoms with Crippen LogP contribution in [0.25, 0.3) is 10.9 Å². The molecule has 1 saturated heterocycles. The third-order valence-corrected chi connectivity index (χ3v) is 8.36. The van der Waals surface area contributed by atoms with Gasteiger partial charge in [0.05, 0.1) is 24.4 Å². The minimum absolute atomic E-state index is 0.00914. The summed E-state index contributed by atoms with van der Waals surface area (Å²) in [4.78, 5) is 45.0. The number of likely N-dealkylation sites (tertiary alicyclic amines) is 1. The molecule has 1 N–H and O–H groups in total. The highest BCUT2D eigenvalue weighted by atomic mass is 16.3. The Morgan fingerprint density at radius 2 is 2.00 bits per heavy atom. The van der Waals surface area contributed by atoms with Gasteiger partial charge in [-0.05, 0) is 49.5 Å². The molecule has 1 amide bonds. The zero-order valence-electron chi connectivity index (χ0n) is 20.3. The van der Waals surface area contributed by atoms with E-state index < -0.39 is 6.04 Å². The van der Waals surface area contributed by atoms with E-state index in [0.717, 1.165) is 25.7 Å². The number of aromatic nitrogens is 3. The highest BCUT2D eigenvalue weighted by Crippen LogP contribution is 2.59. The van der Waals surface area contributed by atoms with Crippen LogP contribution in [0.5, 0.6) is 0 Å². The van der Waals surface area contributed by atoms with Gasteiger partial charge in [0.25, 0.3) is 0 Å². The summed E-state index contributed by atoms with van der Waals surface area (Å²) in [7, 11) is 0. The molecule has 3 fully saturated rings. The van der Waals surface area contributed by atoms with Crippen molar-refractivity contribution in [1.82, 2.24) is 19.7 Å². The van der Waals surface area contributed by atoms with E-state index in [2.05, 4.69) is 23.9 Å². The van der Waals surface area contributed by atoms with E-state index in [1.54, 1.807) is 23.4 Å². The first-order valence-corrected chi connectivity index (χ1v) is 12.4. The lowest BCUT2D eigenvalue weighted by molar-refractivity contribution is -0.140. The number of carbonyl (C=O) groups is 3. The van der Waals surface area contributed by atoms with Crippen LogP contribution < -0.4 is 0 Å². The van der Waals surface area contributed by atoms with Crippen LogP contribution in [0.4, 0.5) is 0 Å². The molecule has 1 aliphatic heterocycles. The number of hydrogen-bond acceptors (Lipinski definition) is 6. The summed E-state index contributed by atoms with van der Waals surface area (Å²) in [6.45, 7) is 5.92. The van der Waals surface area contributed by atoms with Crippen LogP contribution in [0, 0.1) is 16.7 Å². The summed E-state index contributed by atoms with van der Waals surface area (Å²) >= 11 is 0. The van der Waals surface area contributed by atoms with Crippen molar-refractivity contribution in [3.63, 3.8) is 0 Å². The predicted molar refractivity (Wildman–Crippen MR) is 126 cm³/mol. The molecule has 2 saturated carbocycles. The molecule has 0 spiro atoms. The summed E-state index contributed by atoms with van der Waals surface area (Å²) in [5, 5.41) is 15.1. The maximum Gasteiger partial charge on any atom is 0.245 e. The summed E-state index contributed by atoms with van der Waals surface area (Å²) in [6, 6.07) is 1.13. The Balaban J connectivity index is 1.37. The maximum absolute atomic E-state index is 13.6. The molecule has 34 heavy (non-hydrogen) atoms. The minimum atomic E-state index is -0.490. The zero-order chi connectivity index (χ0) is 24.3. The molecule has 4 atom stereocenters. The van der Waals surface area contributed by atoms with Crippen molar-refractivity contribution in [1.29, 1.82) is 0 Å². The van der Waals surface area contributed by atoms with Gasteiger partial charge in [-0.1, -0.05) is 20.3 Å². The van der Waals surface area contributed by atoms with Gasteiger partial charge in [-0.15, -0.1) is 0 Å². The first-order chi connectivity index (χ1) is 16.1. The fraction of sp³-hybridized carbons (Fsp3) is 0.654. The lowest BCUT2D eigenvalue weighted by Gasteiger charge is -2.36. The van der Waals surface area contributed by atoms with Crippen LogP contribution in [0.15, 0.2) is 18.5 Å². The molecule has 2 aromatic heterocycles. The molecule has 5 rings (SSSR count). The number of carbonyl (C=O) groups excluding carboxylic acids is 3. The third kappa shape index (κ3) is 3.96. The first kappa shape index (κ1) is 23.1. The molecular weight excluding hydrogens is 432 g/mol. The van der Waals surface area contributed by atoms with Gasteiger partial charge >= 0.3 is 0 Å². The average molecular weight is 467 g/mol. The second kappa shape index (κ2) is 8.26. The van der Waals surface area contributed by atoms with Crippen molar-refractivity contribution >= 4 is 28.4 Å². The third-order valence-electron chi connectivity index (χ3n) is 8.36. The van der Waals surface area contributed by atoms with Crippen molar-refractivity contribution in [2.24, 2.45) is 16.7 Å². The van der Waals surface area contributed by atoms with Crippen LogP contribution in [-0.2, 0) is 16.1 Å². The first-order valence-electron chi connectivity index (χ1n) is 12.4. The van der Waals surface area contributed by atoms with E-state index in [1.807, 2.05) is 0 Å². The fourth-order valence-corrected chi connectivity index (χ4v) is 6.55. The molecule has 3 heterocycles. The van der Waals surface area contributed by atoms with Crippen LogP contribution in [0.1, 0.15) is 76.2 Å². The predicted octanol–water partition coefficient (Wildman–Crippen LogP) is 3.16. The summed E-state index contributed by atoms with van der Waals surface area (Å²) in [6.07, 6.45) is 9.40. The molecule has 8 heteroatoms. The molecule has 2 aromatic rings. The van der Waals surface area contributed by atoms with Crippen molar-refractivity contribution in [3.05, 3.63) is 24.2 Å². The van der Waals surface area contributed by atoms with Crippen molar-refractivity contribution in [3.8, 4) is 0 Å². The number of aliphatic hydroxyl groups excluding tert-OH is 1. The monoisotopic (exact) mass is 466 g/mol. The fourth-order valence-electron chi connectivity index (χ4n) is 6.55. The van der Waals surface area contributed by atoms with E-state index in [1.165, 1.54) is 18.0 Å². The van der Waals surface area contributed by atoms with E-state index >= 15 is 0 Å². The molecule has 0 radical (unpaired) electrons. The van der Waals surface area contributed by atoms with Gasteiger partial charge < -0.3 is 10.0 Å². The van der Waals surface area contributed by atoms with Crippen LogP contribution in [0.2, 0.25) is 0 Å². The van der Waals surface area contributed by atoms with Crippen molar-refractivity contribution in [2.45, 2.75) is 84.3 Å². The van der Waals surface area contributed by atoms with Crippen molar-refractivity contribution < 1.29 is 19.5 Å². The number of Topliss-reactive ketones (excluding diaryl/α,β-unsaturated/α-hetero) is 2. The molecule has 0 aromatic carbocycles. The second-order valence-electron chi connectivity index (χ2n) is 11.5. The normalized spacial score (nSPS) is 29.8. The highest BCUT2D eigenvalue weighted by molar-refractivity contribution is 6.04. The summed E-state index contributed by atoms with van der Waals surface area (Å²) in [5.74, 6) is 0.110. The lowest BCUT2D eigenvalue weighted by atomic mass is 9.70. The Bertz CT molecular complexity index is 1150. The molecule has 0 bridgehead atoms. The molecule has 2 aliphatic carbocycles. The number of amides is 1. The highest BCUT2D eigenvalue weighted by Gasteiger charge is 2.66. The molecule has 8 nitrogen and oxygen atoms in total. The molecular formula is C26H34N4O4. The Hall–Kier alpha value is -2.61. The second-order valence-corrected chi connectivity index (χ2v) is 11.5. The van der Waals surface area contributed by atoms with Gasteiger partial charge in [0.1, 0.15) is 12.2 Å². The Kier molecular flexibility index (Phi) is 5.62. The minimum Gasteiger partial charge on any atom is -0.396 e. The largest absolute Gasteiger partial charge is 0.396 e. The van der Waals surface area contributed by atoms with E-state index in [9.17, 15) is 19.5 Å². The number of aliphatic hydroxyl groups is 1. The number of fused-ring (bicyclic) bond motifs is 2. The number of pyridine rings is 1. The topological polar surface area (TPSA) is 105 Å². The van der Waals surface area contributed by atoms with Crippen molar-refractivity contribution in [2.75, 3.05) is 6.61 Å². The van der Waals surface area contributed by atoms with Gasteiger partial charge in [0, 0.05) is 36.4 Å². The standard InChI is InChI=1S/C26H34N4O4/c1-16(32)24-18-6-8-27-13-20(18)29(28-24)14-23(34)30-19(11-26(15-31)12-22(26)30)21(33)9-17-5-4-7-25(2,3)10-17/h6,8,13,17,19,22,31H,4-5,7,9-12,14-15H2,1-3H3/t17-,19+,22-,26+/m1/s1. The van der Waals surface area contributed by atoms with Crippen LogP contribution in [-0.4, -0.2) is 60.9 Å². The van der Waals surface area contributed by atoms with Crippen LogP contribution >= 0.6 is 0 Å². The SMILES string of the molecule is CC(=O)c1nn(CC(=O)N2[C@H](C(=O)C[C@H]3CCCC(C)(C)C3)C[C@@]3(CO)C[C@@H]23)c2cnccc12. The van der Waals surface area contributed by atoms with E-state index in [-0.39, 0.29) is 47.5 Å². The molecule has 0 unspecified atom stereocenters. The number of ketones is 2.